The predicted octanol–water partition coefficient (Wildman–Crippen LogP) is 4.86. The Morgan fingerprint density at radius 1 is 1.16 bits per heavy atom. The van der Waals surface area contributed by atoms with Gasteiger partial charge in [0.2, 0.25) is 0 Å². The Labute approximate surface area is 122 Å². The van der Waals surface area contributed by atoms with E-state index in [2.05, 4.69) is 26.5 Å². The van der Waals surface area contributed by atoms with Crippen molar-refractivity contribution in [3.63, 3.8) is 0 Å². The zero-order chi connectivity index (χ0) is 14.1. The highest BCUT2D eigenvalue weighted by molar-refractivity contribution is 7.80. The second kappa shape index (κ2) is 8.60. The van der Waals surface area contributed by atoms with E-state index in [1.807, 2.05) is 6.07 Å². The molecule has 0 spiro atoms. The van der Waals surface area contributed by atoms with Gasteiger partial charge in [-0.2, -0.15) is 12.6 Å². The third-order valence-electron chi connectivity index (χ3n) is 3.52. The molecule has 108 valence electrons. The van der Waals surface area contributed by atoms with Crippen molar-refractivity contribution in [2.75, 3.05) is 12.4 Å². The zero-order valence-electron chi connectivity index (χ0n) is 12.0. The second-order valence-electron chi connectivity index (χ2n) is 5.24. The van der Waals surface area contributed by atoms with Gasteiger partial charge in [0, 0.05) is 11.0 Å². The average molecular weight is 284 g/mol. The fourth-order valence-corrected chi connectivity index (χ4v) is 2.93. The number of hydrogen-bond acceptors (Lipinski definition) is 2. The van der Waals surface area contributed by atoms with Gasteiger partial charge in [-0.25, -0.2) is 4.39 Å². The zero-order valence-corrected chi connectivity index (χ0v) is 12.9. The number of rotatable bonds is 9. The minimum atomic E-state index is -0.190. The van der Waals surface area contributed by atoms with Crippen LogP contribution >= 0.6 is 12.6 Å². The van der Waals surface area contributed by atoms with Crippen LogP contribution in [-0.2, 0) is 11.3 Å². The lowest BCUT2D eigenvalue weighted by Crippen LogP contribution is -2.29. The summed E-state index contributed by atoms with van der Waals surface area (Å²) in [7, 11) is 0. The molecule has 0 bridgehead atoms. The van der Waals surface area contributed by atoms with Crippen LogP contribution in [0.4, 0.5) is 4.39 Å². The number of benzene rings is 1. The minimum Gasteiger partial charge on any atom is -0.376 e. The van der Waals surface area contributed by atoms with E-state index in [-0.39, 0.29) is 11.2 Å². The van der Waals surface area contributed by atoms with Gasteiger partial charge in [0.25, 0.3) is 0 Å². The molecule has 0 amide bonds. The Morgan fingerprint density at radius 3 is 2.32 bits per heavy atom. The Morgan fingerprint density at radius 2 is 1.79 bits per heavy atom. The van der Waals surface area contributed by atoms with E-state index in [4.69, 9.17) is 4.74 Å². The molecule has 0 fully saturated rings. The average Bonchev–Trinajstić information content (AvgIpc) is 2.41. The lowest BCUT2D eigenvalue weighted by molar-refractivity contribution is 0.0338. The number of thiol groups is 1. The number of hydrogen-bond donors (Lipinski definition) is 1. The van der Waals surface area contributed by atoms with Crippen molar-refractivity contribution in [2.45, 2.75) is 46.1 Å². The van der Waals surface area contributed by atoms with Gasteiger partial charge in [-0.1, -0.05) is 44.9 Å². The fraction of sp³-hybridized carbons (Fsp3) is 0.625. The second-order valence-corrected chi connectivity index (χ2v) is 5.56. The van der Waals surface area contributed by atoms with E-state index in [1.165, 1.54) is 6.07 Å². The highest BCUT2D eigenvalue weighted by Crippen LogP contribution is 2.32. The third kappa shape index (κ3) is 5.15. The Bertz CT molecular complexity index is 362. The molecule has 0 radical (unpaired) electrons. The van der Waals surface area contributed by atoms with E-state index in [9.17, 15) is 4.39 Å². The van der Waals surface area contributed by atoms with Crippen LogP contribution in [0.3, 0.4) is 0 Å². The lowest BCUT2D eigenvalue weighted by Gasteiger charge is -2.31. The van der Waals surface area contributed by atoms with Gasteiger partial charge in [-0.15, -0.1) is 0 Å². The molecule has 1 aromatic rings. The van der Waals surface area contributed by atoms with Crippen molar-refractivity contribution in [1.82, 2.24) is 0 Å². The molecule has 1 nitrogen and oxygen atoms in total. The number of ether oxygens (including phenoxy) is 1. The molecule has 0 saturated heterocycles. The van der Waals surface area contributed by atoms with Crippen LogP contribution in [0, 0.1) is 11.2 Å². The molecule has 0 aliphatic rings. The quantitative estimate of drug-likeness (QED) is 0.637. The van der Waals surface area contributed by atoms with Gasteiger partial charge < -0.3 is 4.74 Å². The van der Waals surface area contributed by atoms with Crippen molar-refractivity contribution in [3.05, 3.63) is 35.6 Å². The summed E-state index contributed by atoms with van der Waals surface area (Å²) in [5.41, 5.74) is 0.765. The van der Waals surface area contributed by atoms with Crippen LogP contribution in [-0.4, -0.2) is 12.4 Å². The van der Waals surface area contributed by atoms with E-state index in [0.29, 0.717) is 18.8 Å². The van der Waals surface area contributed by atoms with Crippen LogP contribution in [0.5, 0.6) is 0 Å². The van der Waals surface area contributed by atoms with Crippen molar-refractivity contribution >= 4 is 12.6 Å². The minimum absolute atomic E-state index is 0.137. The van der Waals surface area contributed by atoms with Crippen molar-refractivity contribution in [1.29, 1.82) is 0 Å². The van der Waals surface area contributed by atoms with Crippen molar-refractivity contribution in [3.8, 4) is 0 Å². The topological polar surface area (TPSA) is 9.23 Å². The lowest BCUT2D eigenvalue weighted by atomic mass is 9.82. The normalized spacial score (nSPS) is 11.8. The SMILES string of the molecule is CCCC(CS)(CCC)COCc1ccccc1F. The van der Waals surface area contributed by atoms with E-state index in [0.717, 1.165) is 31.4 Å². The molecule has 0 aliphatic carbocycles. The van der Waals surface area contributed by atoms with E-state index < -0.39 is 0 Å². The largest absolute Gasteiger partial charge is 0.376 e. The molecule has 19 heavy (non-hydrogen) atoms. The van der Waals surface area contributed by atoms with Gasteiger partial charge in [-0.05, 0) is 24.7 Å². The van der Waals surface area contributed by atoms with Crippen LogP contribution in [0.15, 0.2) is 24.3 Å². The molecule has 0 saturated carbocycles. The van der Waals surface area contributed by atoms with Crippen LogP contribution < -0.4 is 0 Å². The maximum absolute atomic E-state index is 13.5. The Kier molecular flexibility index (Phi) is 7.47. The molecule has 0 N–H and O–H groups in total. The first-order valence-corrected chi connectivity index (χ1v) is 7.72. The fourth-order valence-electron chi connectivity index (χ4n) is 2.53. The molecule has 0 heterocycles. The summed E-state index contributed by atoms with van der Waals surface area (Å²) in [4.78, 5) is 0. The molecule has 3 heteroatoms. The summed E-state index contributed by atoms with van der Waals surface area (Å²) in [6.45, 7) is 5.37. The Balaban J connectivity index is 2.54. The molecule has 1 rings (SSSR count). The van der Waals surface area contributed by atoms with Gasteiger partial charge in [0.05, 0.1) is 13.2 Å². The smallest absolute Gasteiger partial charge is 0.128 e. The first kappa shape index (κ1) is 16.5. The van der Waals surface area contributed by atoms with Crippen LogP contribution in [0.2, 0.25) is 0 Å². The van der Waals surface area contributed by atoms with Gasteiger partial charge in [0.1, 0.15) is 5.82 Å². The molecule has 0 aliphatic heterocycles. The first-order valence-electron chi connectivity index (χ1n) is 7.09. The summed E-state index contributed by atoms with van der Waals surface area (Å²) < 4.78 is 19.3. The summed E-state index contributed by atoms with van der Waals surface area (Å²) in [6.07, 6.45) is 4.48. The first-order chi connectivity index (χ1) is 9.17. The molecule has 1 aromatic carbocycles. The summed E-state index contributed by atoms with van der Waals surface area (Å²) in [6, 6.07) is 6.79. The van der Waals surface area contributed by atoms with Crippen LogP contribution in [0.25, 0.3) is 0 Å². The summed E-state index contributed by atoms with van der Waals surface area (Å²) in [5, 5.41) is 0. The predicted molar refractivity (Wildman–Crippen MR) is 82.2 cm³/mol. The monoisotopic (exact) mass is 284 g/mol. The van der Waals surface area contributed by atoms with Gasteiger partial charge in [0.15, 0.2) is 0 Å². The highest BCUT2D eigenvalue weighted by atomic mass is 32.1. The van der Waals surface area contributed by atoms with E-state index in [1.54, 1.807) is 12.1 Å². The molecule has 0 atom stereocenters. The van der Waals surface area contributed by atoms with Gasteiger partial charge >= 0.3 is 0 Å². The van der Waals surface area contributed by atoms with Gasteiger partial charge in [-0.3, -0.25) is 0 Å². The number of halogens is 1. The van der Waals surface area contributed by atoms with E-state index >= 15 is 0 Å². The summed E-state index contributed by atoms with van der Waals surface area (Å²) in [5.74, 6) is 0.635. The summed E-state index contributed by atoms with van der Waals surface area (Å²) >= 11 is 4.50. The standard InChI is InChI=1S/C16H25FOS/c1-3-9-16(13-19,10-4-2)12-18-11-14-7-5-6-8-15(14)17/h5-8,19H,3-4,9-13H2,1-2H3. The maximum atomic E-state index is 13.5. The maximum Gasteiger partial charge on any atom is 0.128 e. The Hall–Kier alpha value is -0.540. The molecular formula is C16H25FOS. The molecular weight excluding hydrogens is 259 g/mol. The van der Waals surface area contributed by atoms with Crippen molar-refractivity contribution < 1.29 is 9.13 Å². The highest BCUT2D eigenvalue weighted by Gasteiger charge is 2.27. The third-order valence-corrected chi connectivity index (χ3v) is 4.19. The van der Waals surface area contributed by atoms with Crippen molar-refractivity contribution in [2.24, 2.45) is 5.41 Å². The van der Waals surface area contributed by atoms with Crippen LogP contribution in [0.1, 0.15) is 45.1 Å². The molecule has 0 aromatic heterocycles. The molecule has 0 unspecified atom stereocenters.